The summed E-state index contributed by atoms with van der Waals surface area (Å²) in [6.07, 6.45) is 14.5. The largest absolute Gasteiger partial charge is 0.234 e. The third kappa shape index (κ3) is 13.7. The van der Waals surface area contributed by atoms with E-state index in [1.165, 1.54) is 57.8 Å². The molecular weight excluding hydrogens is 218 g/mol. The summed E-state index contributed by atoms with van der Waals surface area (Å²) in [4.78, 5) is 13.3. The molecule has 0 spiro atoms. The smallest absolute Gasteiger partial charge is 0.211 e. The van der Waals surface area contributed by atoms with Crippen molar-refractivity contribution >= 4 is 18.7 Å². The molecule has 0 aliphatic carbocycles. The molecular formula is C13H25NOS. The number of carbonyl (C=O) groups excluding carboxylic acids is 1. The van der Waals surface area contributed by atoms with Gasteiger partial charge in [-0.05, 0) is 18.6 Å². The van der Waals surface area contributed by atoms with Crippen LogP contribution in [0.2, 0.25) is 0 Å². The summed E-state index contributed by atoms with van der Waals surface area (Å²) in [6, 6.07) is 0. The van der Waals surface area contributed by atoms with Crippen LogP contribution in [0.3, 0.4) is 0 Å². The maximum Gasteiger partial charge on any atom is 0.234 e. The van der Waals surface area contributed by atoms with Crippen LogP contribution >= 0.6 is 12.6 Å². The van der Waals surface area contributed by atoms with Crippen LogP contribution in [0.1, 0.15) is 64.2 Å². The molecule has 0 aromatic heterocycles. The number of rotatable bonds is 12. The quantitative estimate of drug-likeness (QED) is 0.237. The van der Waals surface area contributed by atoms with Crippen LogP contribution in [0.25, 0.3) is 0 Å². The van der Waals surface area contributed by atoms with Crippen molar-refractivity contribution in [3.63, 3.8) is 0 Å². The maximum absolute atomic E-state index is 9.79. The summed E-state index contributed by atoms with van der Waals surface area (Å²) in [5.74, 6) is 1.03. The summed E-state index contributed by atoms with van der Waals surface area (Å²) in [5.41, 5.74) is 0. The van der Waals surface area contributed by atoms with E-state index in [2.05, 4.69) is 17.6 Å². The highest BCUT2D eigenvalue weighted by atomic mass is 32.1. The highest BCUT2D eigenvalue weighted by Crippen LogP contribution is 2.10. The molecule has 0 fully saturated rings. The molecule has 0 saturated heterocycles. The number of hydrogen-bond donors (Lipinski definition) is 1. The van der Waals surface area contributed by atoms with Gasteiger partial charge in [0.2, 0.25) is 6.08 Å². The van der Waals surface area contributed by atoms with Gasteiger partial charge in [0.15, 0.2) is 0 Å². The predicted octanol–water partition coefficient (Wildman–Crippen LogP) is 4.15. The molecule has 0 aliphatic rings. The molecule has 2 nitrogen and oxygen atoms in total. The van der Waals surface area contributed by atoms with Gasteiger partial charge in [-0.2, -0.15) is 12.6 Å². The van der Waals surface area contributed by atoms with Gasteiger partial charge in [-0.25, -0.2) is 9.79 Å². The van der Waals surface area contributed by atoms with E-state index in [0.29, 0.717) is 6.54 Å². The van der Waals surface area contributed by atoms with Crippen molar-refractivity contribution in [1.82, 2.24) is 0 Å². The van der Waals surface area contributed by atoms with Crippen molar-refractivity contribution in [2.24, 2.45) is 4.99 Å². The van der Waals surface area contributed by atoms with Crippen molar-refractivity contribution in [2.75, 3.05) is 12.3 Å². The molecule has 0 atom stereocenters. The predicted molar refractivity (Wildman–Crippen MR) is 73.0 cm³/mol. The lowest BCUT2D eigenvalue weighted by atomic mass is 10.1. The second-order valence-corrected chi connectivity index (χ2v) is 4.68. The van der Waals surface area contributed by atoms with Gasteiger partial charge in [0, 0.05) is 0 Å². The first kappa shape index (κ1) is 15.7. The molecule has 0 amide bonds. The van der Waals surface area contributed by atoms with Gasteiger partial charge in [-0.1, -0.05) is 51.4 Å². The first-order valence-electron chi connectivity index (χ1n) is 6.56. The fourth-order valence-electron chi connectivity index (χ4n) is 1.76. The zero-order valence-corrected chi connectivity index (χ0v) is 11.2. The number of isocyanates is 1. The average molecular weight is 243 g/mol. The lowest BCUT2D eigenvalue weighted by molar-refractivity contribution is 0.552. The highest BCUT2D eigenvalue weighted by molar-refractivity contribution is 7.80. The fourth-order valence-corrected chi connectivity index (χ4v) is 1.99. The summed E-state index contributed by atoms with van der Waals surface area (Å²) in [5, 5.41) is 0. The molecule has 0 aromatic rings. The van der Waals surface area contributed by atoms with Gasteiger partial charge in [-0.15, -0.1) is 0 Å². The molecule has 0 aliphatic heterocycles. The topological polar surface area (TPSA) is 29.4 Å². The van der Waals surface area contributed by atoms with E-state index in [-0.39, 0.29) is 0 Å². The Bertz CT molecular complexity index is 179. The van der Waals surface area contributed by atoms with Gasteiger partial charge < -0.3 is 0 Å². The zero-order valence-electron chi connectivity index (χ0n) is 10.3. The van der Waals surface area contributed by atoms with Crippen LogP contribution in [0, 0.1) is 0 Å². The van der Waals surface area contributed by atoms with Crippen molar-refractivity contribution in [3.8, 4) is 0 Å². The summed E-state index contributed by atoms with van der Waals surface area (Å²) >= 11 is 4.20. The average Bonchev–Trinajstić information content (AvgIpc) is 2.31. The lowest BCUT2D eigenvalue weighted by Gasteiger charge is -2.01. The summed E-state index contributed by atoms with van der Waals surface area (Å²) < 4.78 is 0. The second-order valence-electron chi connectivity index (χ2n) is 4.23. The number of thiol groups is 1. The van der Waals surface area contributed by atoms with Crippen LogP contribution in [-0.2, 0) is 4.79 Å². The minimum Gasteiger partial charge on any atom is -0.211 e. The zero-order chi connectivity index (χ0) is 11.9. The van der Waals surface area contributed by atoms with Gasteiger partial charge in [0.05, 0.1) is 6.54 Å². The van der Waals surface area contributed by atoms with Crippen LogP contribution in [-0.4, -0.2) is 18.4 Å². The number of nitrogens with zero attached hydrogens (tertiary/aromatic N) is 1. The number of aliphatic imine (C=N–C) groups is 1. The first-order valence-corrected chi connectivity index (χ1v) is 7.19. The molecule has 0 radical (unpaired) electrons. The molecule has 0 aromatic carbocycles. The third-order valence-corrected chi connectivity index (χ3v) is 3.06. The van der Waals surface area contributed by atoms with E-state index in [0.717, 1.165) is 12.2 Å². The Kier molecular flexibility index (Phi) is 14.5. The molecule has 0 bridgehead atoms. The molecule has 0 saturated carbocycles. The van der Waals surface area contributed by atoms with E-state index in [1.807, 2.05) is 0 Å². The maximum atomic E-state index is 9.79. The fraction of sp³-hybridized carbons (Fsp3) is 0.923. The Morgan fingerprint density at radius 3 is 1.62 bits per heavy atom. The SMILES string of the molecule is O=C=NCCCCCCCCCCCCS. The van der Waals surface area contributed by atoms with E-state index >= 15 is 0 Å². The Morgan fingerprint density at radius 2 is 1.19 bits per heavy atom. The molecule has 0 heterocycles. The van der Waals surface area contributed by atoms with E-state index in [4.69, 9.17) is 0 Å². The first-order chi connectivity index (χ1) is 7.91. The van der Waals surface area contributed by atoms with Crippen LogP contribution in [0.5, 0.6) is 0 Å². The molecule has 94 valence electrons. The molecule has 0 unspecified atom stereocenters. The number of hydrogen-bond acceptors (Lipinski definition) is 3. The standard InChI is InChI=1S/C13H25NOS/c15-13-14-11-9-7-5-3-1-2-4-6-8-10-12-16/h16H,1-12H2. The van der Waals surface area contributed by atoms with E-state index in [9.17, 15) is 4.79 Å². The van der Waals surface area contributed by atoms with Crippen LogP contribution < -0.4 is 0 Å². The monoisotopic (exact) mass is 243 g/mol. The molecule has 0 rings (SSSR count). The van der Waals surface area contributed by atoms with Gasteiger partial charge in [0.1, 0.15) is 0 Å². The van der Waals surface area contributed by atoms with Gasteiger partial charge in [0.25, 0.3) is 0 Å². The normalized spacial score (nSPS) is 10.1. The Balaban J connectivity index is 2.90. The highest BCUT2D eigenvalue weighted by Gasteiger charge is 1.92. The number of unbranched alkanes of at least 4 members (excludes halogenated alkanes) is 9. The Morgan fingerprint density at radius 1 is 0.750 bits per heavy atom. The minimum atomic E-state index is 0.660. The van der Waals surface area contributed by atoms with E-state index < -0.39 is 0 Å². The van der Waals surface area contributed by atoms with Crippen molar-refractivity contribution < 1.29 is 4.79 Å². The molecule has 3 heteroatoms. The molecule has 0 N–H and O–H groups in total. The molecule has 16 heavy (non-hydrogen) atoms. The third-order valence-electron chi connectivity index (χ3n) is 2.74. The van der Waals surface area contributed by atoms with Gasteiger partial charge >= 0.3 is 0 Å². The van der Waals surface area contributed by atoms with Gasteiger partial charge in [-0.3, -0.25) is 0 Å². The van der Waals surface area contributed by atoms with Crippen LogP contribution in [0.15, 0.2) is 4.99 Å². The minimum absolute atomic E-state index is 0.660. The summed E-state index contributed by atoms with van der Waals surface area (Å²) in [6.45, 7) is 0.660. The van der Waals surface area contributed by atoms with Crippen LogP contribution in [0.4, 0.5) is 0 Å². The Hall–Kier alpha value is -0.270. The lowest BCUT2D eigenvalue weighted by Crippen LogP contribution is -1.84. The van der Waals surface area contributed by atoms with Crippen molar-refractivity contribution in [1.29, 1.82) is 0 Å². The second kappa shape index (κ2) is 14.7. The summed E-state index contributed by atoms with van der Waals surface area (Å²) in [7, 11) is 0. The van der Waals surface area contributed by atoms with Crippen molar-refractivity contribution in [3.05, 3.63) is 0 Å². The van der Waals surface area contributed by atoms with E-state index in [1.54, 1.807) is 6.08 Å². The van der Waals surface area contributed by atoms with Crippen molar-refractivity contribution in [2.45, 2.75) is 64.2 Å². The Labute approximate surface area is 105 Å².